The molecule has 72 valence electrons. The summed E-state index contributed by atoms with van der Waals surface area (Å²) in [6.45, 7) is 4.00. The molecule has 1 aromatic carbocycles. The van der Waals surface area contributed by atoms with Crippen LogP contribution in [0.4, 0.5) is 4.39 Å². The Morgan fingerprint density at radius 3 is 2.57 bits per heavy atom. The third-order valence-corrected chi connectivity index (χ3v) is 2.14. The SMILES string of the molecule is CC.[B]c1cc(F)c2c(c1)CCC2=N. The van der Waals surface area contributed by atoms with Crippen LogP contribution in [0, 0.1) is 11.2 Å². The van der Waals surface area contributed by atoms with Crippen molar-refractivity contribution in [1.29, 1.82) is 5.41 Å². The van der Waals surface area contributed by atoms with Crippen molar-refractivity contribution in [3.8, 4) is 0 Å². The molecule has 1 aromatic rings. The van der Waals surface area contributed by atoms with E-state index >= 15 is 0 Å². The summed E-state index contributed by atoms with van der Waals surface area (Å²) in [5.41, 5.74) is 2.17. The van der Waals surface area contributed by atoms with Gasteiger partial charge in [0.15, 0.2) is 0 Å². The van der Waals surface area contributed by atoms with Crippen LogP contribution in [0.2, 0.25) is 0 Å². The van der Waals surface area contributed by atoms with Crippen molar-refractivity contribution in [3.05, 3.63) is 29.1 Å². The number of hydrogen-bond acceptors (Lipinski definition) is 1. The molecule has 0 aromatic heterocycles. The number of fused-ring (bicyclic) bond motifs is 1. The zero-order chi connectivity index (χ0) is 10.7. The second kappa shape index (κ2) is 4.40. The van der Waals surface area contributed by atoms with Gasteiger partial charge in [-0.25, -0.2) is 4.39 Å². The highest BCUT2D eigenvalue weighted by atomic mass is 19.1. The van der Waals surface area contributed by atoms with Gasteiger partial charge < -0.3 is 5.41 Å². The largest absolute Gasteiger partial charge is 0.305 e. The fourth-order valence-electron chi connectivity index (χ4n) is 1.61. The lowest BCUT2D eigenvalue weighted by Crippen LogP contribution is -2.07. The Morgan fingerprint density at radius 1 is 1.29 bits per heavy atom. The lowest BCUT2D eigenvalue weighted by molar-refractivity contribution is 0.626. The Morgan fingerprint density at radius 2 is 1.93 bits per heavy atom. The summed E-state index contributed by atoms with van der Waals surface area (Å²) in [4.78, 5) is 0. The molecule has 0 atom stereocenters. The molecular weight excluding hydrogens is 176 g/mol. The standard InChI is InChI=1S/C9H7BFN.C2H6/c10-6-3-5-1-2-8(12)9(5)7(11)4-6;1-2/h3-4,12H,1-2H2;1-2H3. The molecule has 1 N–H and O–H groups in total. The molecule has 0 amide bonds. The first-order chi connectivity index (χ1) is 6.68. The van der Waals surface area contributed by atoms with Gasteiger partial charge in [0.05, 0.1) is 0 Å². The maximum absolute atomic E-state index is 13.2. The fourth-order valence-corrected chi connectivity index (χ4v) is 1.61. The number of nitrogens with one attached hydrogen (secondary N) is 1. The van der Waals surface area contributed by atoms with E-state index in [1.165, 1.54) is 6.07 Å². The van der Waals surface area contributed by atoms with Gasteiger partial charge in [-0.3, -0.25) is 0 Å². The Hall–Kier alpha value is -1.12. The highest BCUT2D eigenvalue weighted by Crippen LogP contribution is 2.22. The molecule has 1 nitrogen and oxygen atoms in total. The molecule has 14 heavy (non-hydrogen) atoms. The minimum Gasteiger partial charge on any atom is -0.305 e. The van der Waals surface area contributed by atoms with Crippen molar-refractivity contribution < 1.29 is 4.39 Å². The lowest BCUT2D eigenvalue weighted by atomic mass is 9.92. The first-order valence-corrected chi connectivity index (χ1v) is 4.84. The van der Waals surface area contributed by atoms with Crippen LogP contribution in [0.25, 0.3) is 0 Å². The molecule has 0 unspecified atom stereocenters. The maximum Gasteiger partial charge on any atom is 0.131 e. The highest BCUT2D eigenvalue weighted by Gasteiger charge is 2.20. The van der Waals surface area contributed by atoms with Crippen molar-refractivity contribution in [2.24, 2.45) is 0 Å². The molecule has 0 bridgehead atoms. The molecule has 3 heteroatoms. The van der Waals surface area contributed by atoms with E-state index in [0.717, 1.165) is 12.0 Å². The molecule has 0 heterocycles. The molecule has 0 saturated heterocycles. The van der Waals surface area contributed by atoms with Crippen LogP contribution in [0.15, 0.2) is 12.1 Å². The zero-order valence-corrected chi connectivity index (χ0v) is 8.52. The second-order valence-corrected chi connectivity index (χ2v) is 3.02. The Bertz CT molecular complexity index is 361. The van der Waals surface area contributed by atoms with E-state index in [1.54, 1.807) is 6.07 Å². The van der Waals surface area contributed by atoms with Gasteiger partial charge in [0.1, 0.15) is 13.7 Å². The van der Waals surface area contributed by atoms with Crippen LogP contribution in [0.1, 0.15) is 31.4 Å². The third kappa shape index (κ3) is 1.86. The van der Waals surface area contributed by atoms with E-state index in [1.807, 2.05) is 13.8 Å². The van der Waals surface area contributed by atoms with Crippen LogP contribution in [0.5, 0.6) is 0 Å². The van der Waals surface area contributed by atoms with Crippen LogP contribution in [-0.4, -0.2) is 13.6 Å². The summed E-state index contributed by atoms with van der Waals surface area (Å²) in [5.74, 6) is -0.354. The highest BCUT2D eigenvalue weighted by molar-refractivity contribution is 6.32. The lowest BCUT2D eigenvalue weighted by Gasteiger charge is -2.02. The number of hydrogen-bond donors (Lipinski definition) is 1. The summed E-state index contributed by atoms with van der Waals surface area (Å²) in [7, 11) is 5.47. The number of aryl methyl sites for hydroxylation is 1. The van der Waals surface area contributed by atoms with E-state index in [4.69, 9.17) is 13.3 Å². The fraction of sp³-hybridized carbons (Fsp3) is 0.364. The normalized spacial score (nSPS) is 13.2. The van der Waals surface area contributed by atoms with E-state index < -0.39 is 0 Å². The zero-order valence-electron chi connectivity index (χ0n) is 8.52. The Balaban J connectivity index is 0.000000461. The topological polar surface area (TPSA) is 23.9 Å². The van der Waals surface area contributed by atoms with Gasteiger partial charge in [-0.1, -0.05) is 25.4 Å². The van der Waals surface area contributed by atoms with E-state index in [-0.39, 0.29) is 5.82 Å². The molecule has 0 aliphatic heterocycles. The predicted molar refractivity (Wildman–Crippen MR) is 58.3 cm³/mol. The predicted octanol–water partition coefficient (Wildman–Crippen LogP) is 1.96. The van der Waals surface area contributed by atoms with Gasteiger partial charge in [-0.05, 0) is 24.5 Å². The van der Waals surface area contributed by atoms with Gasteiger partial charge in [0, 0.05) is 11.3 Å². The number of rotatable bonds is 0. The summed E-state index contributed by atoms with van der Waals surface area (Å²) in [6.07, 6.45) is 1.38. The summed E-state index contributed by atoms with van der Waals surface area (Å²) in [6, 6.07) is 3.03. The van der Waals surface area contributed by atoms with Gasteiger partial charge in [0.2, 0.25) is 0 Å². The van der Waals surface area contributed by atoms with Crippen molar-refractivity contribution >= 4 is 19.0 Å². The van der Waals surface area contributed by atoms with Crippen molar-refractivity contribution in [1.82, 2.24) is 0 Å². The van der Waals surface area contributed by atoms with Gasteiger partial charge in [-0.15, -0.1) is 0 Å². The van der Waals surface area contributed by atoms with Crippen LogP contribution >= 0.6 is 0 Å². The van der Waals surface area contributed by atoms with Crippen molar-refractivity contribution in [3.63, 3.8) is 0 Å². The average Bonchev–Trinajstić information content (AvgIpc) is 2.51. The Kier molecular flexibility index (Phi) is 3.45. The summed E-state index contributed by atoms with van der Waals surface area (Å²) in [5, 5.41) is 7.46. The molecule has 0 fully saturated rings. The van der Waals surface area contributed by atoms with Crippen molar-refractivity contribution in [2.45, 2.75) is 26.7 Å². The molecule has 2 rings (SSSR count). The minimum atomic E-state index is -0.354. The van der Waals surface area contributed by atoms with E-state index in [9.17, 15) is 4.39 Å². The first-order valence-electron chi connectivity index (χ1n) is 4.84. The average molecular weight is 189 g/mol. The van der Waals surface area contributed by atoms with Gasteiger partial charge >= 0.3 is 0 Å². The minimum absolute atomic E-state index is 0.354. The molecule has 1 aliphatic rings. The van der Waals surface area contributed by atoms with Gasteiger partial charge in [0.25, 0.3) is 0 Å². The van der Waals surface area contributed by atoms with Crippen LogP contribution in [0.3, 0.4) is 0 Å². The monoisotopic (exact) mass is 189 g/mol. The molecule has 1 aliphatic carbocycles. The quantitative estimate of drug-likeness (QED) is 0.603. The third-order valence-electron chi connectivity index (χ3n) is 2.14. The van der Waals surface area contributed by atoms with Crippen molar-refractivity contribution in [2.75, 3.05) is 0 Å². The van der Waals surface area contributed by atoms with E-state index in [0.29, 0.717) is 23.2 Å². The molecule has 0 saturated carbocycles. The van der Waals surface area contributed by atoms with Crippen LogP contribution in [-0.2, 0) is 6.42 Å². The molecular formula is C11H13BFN. The van der Waals surface area contributed by atoms with Crippen LogP contribution < -0.4 is 5.46 Å². The summed E-state index contributed by atoms with van der Waals surface area (Å²) < 4.78 is 13.2. The maximum atomic E-state index is 13.2. The second-order valence-electron chi connectivity index (χ2n) is 3.02. The Labute approximate surface area is 85.3 Å². The molecule has 2 radical (unpaired) electrons. The molecule has 0 spiro atoms. The number of halogens is 1. The first kappa shape index (κ1) is 11.0. The van der Waals surface area contributed by atoms with Gasteiger partial charge in [-0.2, -0.15) is 0 Å². The summed E-state index contributed by atoms with van der Waals surface area (Å²) >= 11 is 0. The number of benzene rings is 1. The smallest absolute Gasteiger partial charge is 0.131 e. The van der Waals surface area contributed by atoms with E-state index in [2.05, 4.69) is 0 Å².